The maximum absolute atomic E-state index is 12.0. The number of carbonyl (C=O) groups excluding carboxylic acids is 1. The summed E-state index contributed by atoms with van der Waals surface area (Å²) in [6.45, 7) is 8.43. The van der Waals surface area contributed by atoms with Crippen LogP contribution in [0.3, 0.4) is 0 Å². The molecule has 1 heterocycles. The van der Waals surface area contributed by atoms with Gasteiger partial charge in [0, 0.05) is 12.6 Å². The predicted molar refractivity (Wildman–Crippen MR) is 67.3 cm³/mol. The lowest BCUT2D eigenvalue weighted by Gasteiger charge is -2.27. The van der Waals surface area contributed by atoms with Crippen LogP contribution >= 0.6 is 0 Å². The third-order valence-electron chi connectivity index (χ3n) is 3.79. The van der Waals surface area contributed by atoms with Crippen LogP contribution in [0.4, 0.5) is 0 Å². The molecular formula is C13H26N2O. The molecule has 3 heteroatoms. The van der Waals surface area contributed by atoms with Crippen molar-refractivity contribution < 1.29 is 4.79 Å². The van der Waals surface area contributed by atoms with Gasteiger partial charge in [-0.3, -0.25) is 4.79 Å². The second kappa shape index (κ2) is 6.89. The molecule has 3 nitrogen and oxygen atoms in total. The lowest BCUT2D eigenvalue weighted by atomic mass is 9.93. The summed E-state index contributed by atoms with van der Waals surface area (Å²) in [5.41, 5.74) is 0. The minimum Gasteiger partial charge on any atom is -0.353 e. The topological polar surface area (TPSA) is 41.1 Å². The van der Waals surface area contributed by atoms with E-state index in [1.165, 1.54) is 0 Å². The van der Waals surface area contributed by atoms with Crippen molar-refractivity contribution >= 4 is 5.91 Å². The van der Waals surface area contributed by atoms with Crippen molar-refractivity contribution in [3.05, 3.63) is 0 Å². The zero-order valence-corrected chi connectivity index (χ0v) is 10.9. The van der Waals surface area contributed by atoms with E-state index in [-0.39, 0.29) is 11.8 Å². The summed E-state index contributed by atoms with van der Waals surface area (Å²) in [5, 5.41) is 6.46. The average molecular weight is 226 g/mol. The molecule has 0 aliphatic carbocycles. The van der Waals surface area contributed by atoms with E-state index < -0.39 is 0 Å². The van der Waals surface area contributed by atoms with Gasteiger partial charge >= 0.3 is 0 Å². The van der Waals surface area contributed by atoms with Gasteiger partial charge < -0.3 is 10.6 Å². The first kappa shape index (κ1) is 13.5. The molecule has 94 valence electrons. The van der Waals surface area contributed by atoms with Crippen molar-refractivity contribution in [1.29, 1.82) is 0 Å². The van der Waals surface area contributed by atoms with Gasteiger partial charge in [0.1, 0.15) is 0 Å². The molecule has 0 radical (unpaired) electrons. The normalized spacial score (nSPS) is 23.1. The van der Waals surface area contributed by atoms with Crippen LogP contribution in [0, 0.1) is 11.8 Å². The first-order valence-corrected chi connectivity index (χ1v) is 6.70. The Morgan fingerprint density at radius 2 is 2.12 bits per heavy atom. The maximum atomic E-state index is 12.0. The van der Waals surface area contributed by atoms with Gasteiger partial charge in [-0.05, 0) is 32.2 Å². The van der Waals surface area contributed by atoms with E-state index in [9.17, 15) is 4.79 Å². The van der Waals surface area contributed by atoms with Crippen LogP contribution < -0.4 is 10.6 Å². The van der Waals surface area contributed by atoms with Gasteiger partial charge in [0.15, 0.2) is 0 Å². The molecule has 0 spiro atoms. The summed E-state index contributed by atoms with van der Waals surface area (Å²) in [4.78, 5) is 12.0. The Balaban J connectivity index is 2.37. The number of nitrogens with one attached hydrogen (secondary N) is 2. The van der Waals surface area contributed by atoms with Crippen molar-refractivity contribution in [2.24, 2.45) is 11.8 Å². The van der Waals surface area contributed by atoms with Gasteiger partial charge in [-0.15, -0.1) is 0 Å². The molecule has 2 unspecified atom stereocenters. The number of amides is 1. The highest BCUT2D eigenvalue weighted by atomic mass is 16.2. The molecule has 1 rings (SSSR count). The number of carbonyl (C=O) groups is 1. The SMILES string of the molecule is CCC(CC)C(C)NC(=O)C1CCCNC1. The van der Waals surface area contributed by atoms with Gasteiger partial charge in [0.25, 0.3) is 0 Å². The number of hydrogen-bond donors (Lipinski definition) is 2. The quantitative estimate of drug-likeness (QED) is 0.752. The molecule has 0 aromatic rings. The minimum absolute atomic E-state index is 0.186. The fraction of sp³-hybridized carbons (Fsp3) is 0.923. The highest BCUT2D eigenvalue weighted by molar-refractivity contribution is 5.79. The maximum Gasteiger partial charge on any atom is 0.224 e. The number of rotatable bonds is 5. The van der Waals surface area contributed by atoms with Crippen molar-refractivity contribution in [2.45, 2.75) is 52.5 Å². The minimum atomic E-state index is 0.186. The fourth-order valence-corrected chi connectivity index (χ4v) is 2.53. The Kier molecular flexibility index (Phi) is 5.81. The van der Waals surface area contributed by atoms with E-state index in [1.807, 2.05) is 0 Å². The van der Waals surface area contributed by atoms with Crippen LogP contribution in [0.1, 0.15) is 46.5 Å². The summed E-state index contributed by atoms with van der Waals surface area (Å²) in [5.74, 6) is 1.04. The molecule has 1 saturated heterocycles. The lowest BCUT2D eigenvalue weighted by molar-refractivity contribution is -0.126. The zero-order valence-electron chi connectivity index (χ0n) is 10.9. The number of hydrogen-bond acceptors (Lipinski definition) is 2. The average Bonchev–Trinajstić information content (AvgIpc) is 2.31. The molecule has 2 N–H and O–H groups in total. The standard InChI is InChI=1S/C13H26N2O/c1-4-11(5-2)10(3)15-13(16)12-7-6-8-14-9-12/h10-12,14H,4-9H2,1-3H3,(H,15,16). The summed E-state index contributed by atoms with van der Waals surface area (Å²) in [7, 11) is 0. The molecule has 0 aromatic heterocycles. The molecule has 0 saturated carbocycles. The van der Waals surface area contributed by atoms with E-state index in [4.69, 9.17) is 0 Å². The van der Waals surface area contributed by atoms with E-state index in [2.05, 4.69) is 31.4 Å². The summed E-state index contributed by atoms with van der Waals surface area (Å²) >= 11 is 0. The third kappa shape index (κ3) is 3.78. The van der Waals surface area contributed by atoms with Crippen LogP contribution in [-0.2, 0) is 4.79 Å². The number of piperidine rings is 1. The molecule has 2 atom stereocenters. The molecule has 1 amide bonds. The Morgan fingerprint density at radius 3 is 2.62 bits per heavy atom. The Morgan fingerprint density at radius 1 is 1.44 bits per heavy atom. The smallest absolute Gasteiger partial charge is 0.224 e. The molecule has 0 aromatic carbocycles. The van der Waals surface area contributed by atoms with Crippen LogP contribution in [0.5, 0.6) is 0 Å². The van der Waals surface area contributed by atoms with E-state index in [0.29, 0.717) is 12.0 Å². The zero-order chi connectivity index (χ0) is 12.0. The van der Waals surface area contributed by atoms with E-state index in [1.54, 1.807) is 0 Å². The molecular weight excluding hydrogens is 200 g/mol. The largest absolute Gasteiger partial charge is 0.353 e. The summed E-state index contributed by atoms with van der Waals surface area (Å²) in [6.07, 6.45) is 4.44. The Bertz CT molecular complexity index is 208. The van der Waals surface area contributed by atoms with Crippen molar-refractivity contribution in [3.63, 3.8) is 0 Å². The van der Waals surface area contributed by atoms with Crippen LogP contribution in [0.2, 0.25) is 0 Å². The Hall–Kier alpha value is -0.570. The monoisotopic (exact) mass is 226 g/mol. The molecule has 1 aliphatic rings. The molecule has 1 aliphatic heterocycles. The molecule has 16 heavy (non-hydrogen) atoms. The van der Waals surface area contributed by atoms with Gasteiger partial charge in [-0.25, -0.2) is 0 Å². The third-order valence-corrected chi connectivity index (χ3v) is 3.79. The van der Waals surface area contributed by atoms with Crippen molar-refractivity contribution in [1.82, 2.24) is 10.6 Å². The Labute approximate surface area is 99.4 Å². The van der Waals surface area contributed by atoms with E-state index in [0.717, 1.165) is 38.8 Å². The summed E-state index contributed by atoms with van der Waals surface area (Å²) < 4.78 is 0. The molecule has 1 fully saturated rings. The van der Waals surface area contributed by atoms with Gasteiger partial charge in [-0.2, -0.15) is 0 Å². The van der Waals surface area contributed by atoms with Crippen LogP contribution in [0.15, 0.2) is 0 Å². The van der Waals surface area contributed by atoms with Crippen LogP contribution in [-0.4, -0.2) is 25.0 Å². The van der Waals surface area contributed by atoms with E-state index >= 15 is 0 Å². The van der Waals surface area contributed by atoms with Gasteiger partial charge in [0.2, 0.25) is 5.91 Å². The first-order chi connectivity index (χ1) is 7.69. The fourth-order valence-electron chi connectivity index (χ4n) is 2.53. The first-order valence-electron chi connectivity index (χ1n) is 6.70. The highest BCUT2D eigenvalue weighted by Crippen LogP contribution is 2.15. The van der Waals surface area contributed by atoms with Crippen LogP contribution in [0.25, 0.3) is 0 Å². The van der Waals surface area contributed by atoms with Crippen molar-refractivity contribution in [3.8, 4) is 0 Å². The second-order valence-electron chi connectivity index (χ2n) is 4.92. The van der Waals surface area contributed by atoms with Gasteiger partial charge in [0.05, 0.1) is 5.92 Å². The summed E-state index contributed by atoms with van der Waals surface area (Å²) in [6, 6.07) is 0.310. The molecule has 0 bridgehead atoms. The van der Waals surface area contributed by atoms with Gasteiger partial charge in [-0.1, -0.05) is 26.7 Å². The lowest BCUT2D eigenvalue weighted by Crippen LogP contribution is -2.45. The van der Waals surface area contributed by atoms with Crippen molar-refractivity contribution in [2.75, 3.05) is 13.1 Å². The highest BCUT2D eigenvalue weighted by Gasteiger charge is 2.23. The second-order valence-corrected chi connectivity index (χ2v) is 4.92. The predicted octanol–water partition coefficient (Wildman–Crippen LogP) is 1.93.